The van der Waals surface area contributed by atoms with Gasteiger partial charge in [0.2, 0.25) is 0 Å². The molecule has 5 heteroatoms. The van der Waals surface area contributed by atoms with E-state index in [1.54, 1.807) is 0 Å². The van der Waals surface area contributed by atoms with Crippen LogP contribution in [0.3, 0.4) is 0 Å². The molecule has 1 aliphatic carbocycles. The summed E-state index contributed by atoms with van der Waals surface area (Å²) in [6, 6.07) is 0.120. The summed E-state index contributed by atoms with van der Waals surface area (Å²) in [5.41, 5.74) is 0. The van der Waals surface area contributed by atoms with Crippen molar-refractivity contribution in [2.75, 3.05) is 6.54 Å². The average Bonchev–Trinajstić information content (AvgIpc) is 3.16. The number of aliphatic carboxylic acids is 1. The highest BCUT2D eigenvalue weighted by atomic mass is 16.4. The number of carboxylic acid groups (broad SMARTS) is 1. The van der Waals surface area contributed by atoms with Gasteiger partial charge in [0.25, 0.3) is 0 Å². The summed E-state index contributed by atoms with van der Waals surface area (Å²) in [5, 5.41) is 14.6. The molecule has 5 nitrogen and oxygen atoms in total. The lowest BCUT2D eigenvalue weighted by Crippen LogP contribution is -2.41. The van der Waals surface area contributed by atoms with Crippen molar-refractivity contribution in [3.63, 3.8) is 0 Å². The van der Waals surface area contributed by atoms with Gasteiger partial charge >= 0.3 is 12.0 Å². The smallest absolute Gasteiger partial charge is 0.314 e. The first-order valence-corrected chi connectivity index (χ1v) is 8.14. The van der Waals surface area contributed by atoms with E-state index in [0.717, 1.165) is 18.8 Å². The molecule has 1 fully saturated rings. The van der Waals surface area contributed by atoms with E-state index in [-0.39, 0.29) is 18.5 Å². The van der Waals surface area contributed by atoms with Gasteiger partial charge in [-0.1, -0.05) is 26.7 Å². The van der Waals surface area contributed by atoms with Crippen LogP contribution in [0.5, 0.6) is 0 Å². The molecule has 1 saturated carbocycles. The predicted octanol–water partition coefficient (Wildman–Crippen LogP) is 3.00. The van der Waals surface area contributed by atoms with E-state index in [2.05, 4.69) is 24.5 Å². The Hall–Kier alpha value is -1.26. The molecular formula is C16H30N2O3. The van der Waals surface area contributed by atoms with Crippen molar-refractivity contribution in [1.29, 1.82) is 0 Å². The van der Waals surface area contributed by atoms with Crippen LogP contribution >= 0.6 is 0 Å². The number of urea groups is 1. The van der Waals surface area contributed by atoms with Crippen LogP contribution in [0, 0.1) is 17.8 Å². The first-order chi connectivity index (χ1) is 9.88. The fourth-order valence-corrected chi connectivity index (χ4v) is 2.68. The molecule has 2 atom stereocenters. The van der Waals surface area contributed by atoms with Gasteiger partial charge in [-0.3, -0.25) is 4.79 Å². The third-order valence-corrected chi connectivity index (χ3v) is 4.23. The summed E-state index contributed by atoms with van der Waals surface area (Å²) in [6.45, 7) is 6.85. The first-order valence-electron chi connectivity index (χ1n) is 8.14. The maximum absolute atomic E-state index is 11.8. The molecule has 0 radical (unpaired) electrons. The Balaban J connectivity index is 2.16. The lowest BCUT2D eigenvalue weighted by atomic mass is 9.88. The Kier molecular flexibility index (Phi) is 7.54. The number of hydrogen-bond donors (Lipinski definition) is 3. The van der Waals surface area contributed by atoms with Crippen LogP contribution in [0.2, 0.25) is 0 Å². The Labute approximate surface area is 127 Å². The van der Waals surface area contributed by atoms with Crippen molar-refractivity contribution in [2.45, 2.75) is 65.3 Å². The molecule has 1 rings (SSSR count). The van der Waals surface area contributed by atoms with Gasteiger partial charge in [-0.2, -0.15) is 0 Å². The predicted molar refractivity (Wildman–Crippen MR) is 83.2 cm³/mol. The van der Waals surface area contributed by atoms with Gasteiger partial charge in [-0.05, 0) is 43.9 Å². The van der Waals surface area contributed by atoms with E-state index in [0.29, 0.717) is 24.8 Å². The van der Waals surface area contributed by atoms with Crippen LogP contribution in [-0.2, 0) is 4.79 Å². The van der Waals surface area contributed by atoms with E-state index in [9.17, 15) is 9.59 Å². The third kappa shape index (κ3) is 8.58. The number of carbonyl (C=O) groups is 2. The van der Waals surface area contributed by atoms with Crippen molar-refractivity contribution in [3.05, 3.63) is 0 Å². The Morgan fingerprint density at radius 3 is 2.38 bits per heavy atom. The molecule has 122 valence electrons. The molecule has 0 aromatic rings. The summed E-state index contributed by atoms with van der Waals surface area (Å²) < 4.78 is 0. The quantitative estimate of drug-likeness (QED) is 0.580. The average molecular weight is 298 g/mol. The zero-order valence-electron chi connectivity index (χ0n) is 13.5. The summed E-state index contributed by atoms with van der Waals surface area (Å²) in [6.07, 6.45) is 5.37. The minimum Gasteiger partial charge on any atom is -0.481 e. The van der Waals surface area contributed by atoms with E-state index in [1.165, 1.54) is 12.8 Å². The fourth-order valence-electron chi connectivity index (χ4n) is 2.68. The molecule has 0 heterocycles. The van der Waals surface area contributed by atoms with Crippen molar-refractivity contribution >= 4 is 12.0 Å². The molecule has 0 bridgehead atoms. The molecule has 3 N–H and O–H groups in total. The number of hydrogen-bond acceptors (Lipinski definition) is 2. The fraction of sp³-hybridized carbons (Fsp3) is 0.875. The molecule has 1 aliphatic rings. The highest BCUT2D eigenvalue weighted by Gasteiger charge is 2.24. The normalized spacial score (nSPS) is 17.3. The lowest BCUT2D eigenvalue weighted by molar-refractivity contribution is -0.137. The van der Waals surface area contributed by atoms with E-state index in [4.69, 9.17) is 5.11 Å². The summed E-state index contributed by atoms with van der Waals surface area (Å²) in [5.74, 6) is 0.829. The van der Waals surface area contributed by atoms with Crippen LogP contribution in [-0.4, -0.2) is 29.7 Å². The molecule has 0 aromatic carbocycles. The van der Waals surface area contributed by atoms with Crippen molar-refractivity contribution in [3.8, 4) is 0 Å². The van der Waals surface area contributed by atoms with Gasteiger partial charge in [0.15, 0.2) is 0 Å². The highest BCUT2D eigenvalue weighted by molar-refractivity contribution is 5.74. The minimum absolute atomic E-state index is 0.108. The number of nitrogens with one attached hydrogen (secondary N) is 2. The van der Waals surface area contributed by atoms with Crippen molar-refractivity contribution in [1.82, 2.24) is 10.6 Å². The number of amides is 2. The molecule has 0 aromatic heterocycles. The minimum atomic E-state index is -0.750. The Bertz CT molecular complexity index is 340. The SMILES string of the molecule is CC(CC1CC1)NC(=O)NCCC(CCC(=O)O)C(C)C. The van der Waals surface area contributed by atoms with Gasteiger partial charge < -0.3 is 15.7 Å². The zero-order chi connectivity index (χ0) is 15.8. The molecule has 0 saturated heterocycles. The Morgan fingerprint density at radius 2 is 1.86 bits per heavy atom. The van der Waals surface area contributed by atoms with Crippen LogP contribution < -0.4 is 10.6 Å². The van der Waals surface area contributed by atoms with Crippen LogP contribution in [0.1, 0.15) is 59.3 Å². The summed E-state index contributed by atoms with van der Waals surface area (Å²) in [7, 11) is 0. The van der Waals surface area contributed by atoms with Crippen LogP contribution in [0.15, 0.2) is 0 Å². The van der Waals surface area contributed by atoms with Gasteiger partial charge in [0.1, 0.15) is 0 Å². The zero-order valence-corrected chi connectivity index (χ0v) is 13.5. The van der Waals surface area contributed by atoms with Gasteiger partial charge in [0.05, 0.1) is 0 Å². The highest BCUT2D eigenvalue weighted by Crippen LogP contribution is 2.33. The second-order valence-corrected chi connectivity index (χ2v) is 6.71. The third-order valence-electron chi connectivity index (χ3n) is 4.23. The number of rotatable bonds is 10. The number of carboxylic acids is 1. The summed E-state index contributed by atoms with van der Waals surface area (Å²) in [4.78, 5) is 22.4. The maximum atomic E-state index is 11.8. The molecule has 2 amide bonds. The van der Waals surface area contributed by atoms with Crippen molar-refractivity contribution < 1.29 is 14.7 Å². The second kappa shape index (κ2) is 8.90. The molecule has 2 unspecified atom stereocenters. The monoisotopic (exact) mass is 298 g/mol. The second-order valence-electron chi connectivity index (χ2n) is 6.71. The molecular weight excluding hydrogens is 268 g/mol. The van der Waals surface area contributed by atoms with E-state index < -0.39 is 5.97 Å². The number of carbonyl (C=O) groups excluding carboxylic acids is 1. The topological polar surface area (TPSA) is 78.4 Å². The largest absolute Gasteiger partial charge is 0.481 e. The maximum Gasteiger partial charge on any atom is 0.314 e. The first kappa shape index (κ1) is 17.8. The Morgan fingerprint density at radius 1 is 1.19 bits per heavy atom. The van der Waals surface area contributed by atoms with Gasteiger partial charge in [-0.15, -0.1) is 0 Å². The lowest BCUT2D eigenvalue weighted by Gasteiger charge is -2.21. The van der Waals surface area contributed by atoms with Crippen LogP contribution in [0.25, 0.3) is 0 Å². The van der Waals surface area contributed by atoms with Crippen LogP contribution in [0.4, 0.5) is 4.79 Å². The molecule has 21 heavy (non-hydrogen) atoms. The van der Waals surface area contributed by atoms with Gasteiger partial charge in [-0.25, -0.2) is 4.79 Å². The van der Waals surface area contributed by atoms with Gasteiger partial charge in [0, 0.05) is 19.0 Å². The van der Waals surface area contributed by atoms with Crippen molar-refractivity contribution in [2.24, 2.45) is 17.8 Å². The van der Waals surface area contributed by atoms with E-state index >= 15 is 0 Å². The summed E-state index contributed by atoms with van der Waals surface area (Å²) >= 11 is 0. The molecule has 0 spiro atoms. The van der Waals surface area contributed by atoms with E-state index in [1.807, 2.05) is 6.92 Å². The molecule has 0 aliphatic heterocycles. The standard InChI is InChI=1S/C16H30N2O3/c1-11(2)14(6-7-15(19)20)8-9-17-16(21)18-12(3)10-13-4-5-13/h11-14H,4-10H2,1-3H3,(H,19,20)(H2,17,18,21).